The highest BCUT2D eigenvalue weighted by Crippen LogP contribution is 2.51. The number of nitrogens with two attached hydrogens (primary N) is 4. The Morgan fingerprint density at radius 2 is 1.43 bits per heavy atom. The molecule has 13 rings (SSSR count). The summed E-state index contributed by atoms with van der Waals surface area (Å²) in [5.74, 6) is -9.04. The van der Waals surface area contributed by atoms with Crippen LogP contribution in [-0.2, 0) is 47.5 Å². The molecule has 9 aliphatic rings. The number of ketones is 1. The topological polar surface area (TPSA) is 616 Å². The summed E-state index contributed by atoms with van der Waals surface area (Å²) in [6.07, 6.45) is -11.5. The summed E-state index contributed by atoms with van der Waals surface area (Å²) in [6, 6.07) is -0.376. The van der Waals surface area contributed by atoms with Crippen LogP contribution in [0.5, 0.6) is 17.2 Å². The van der Waals surface area contributed by atoms with E-state index in [9.17, 15) is 99.5 Å². The van der Waals surface area contributed by atoms with E-state index in [1.165, 1.54) is 39.5 Å². The van der Waals surface area contributed by atoms with Crippen LogP contribution in [0.25, 0.3) is 21.7 Å². The van der Waals surface area contributed by atoms with Crippen molar-refractivity contribution >= 4 is 62.6 Å². The van der Waals surface area contributed by atoms with Gasteiger partial charge in [-0.1, -0.05) is 59.8 Å². The number of aliphatic hydroxyl groups excluding tert-OH is 10. The molecule has 2 amide bonds. The summed E-state index contributed by atoms with van der Waals surface area (Å²) >= 11 is 0. The van der Waals surface area contributed by atoms with Gasteiger partial charge in [0.15, 0.2) is 24.0 Å². The fourth-order valence-electron chi connectivity index (χ4n) is 17.6. The number of Topliss-reactive ketones (excluding diaryl/α,β-unsaturated/α-hetero) is 1. The Kier molecular flexibility index (Phi) is 31.5. The first-order valence-electron chi connectivity index (χ1n) is 42.4. The maximum atomic E-state index is 14.7. The predicted octanol–water partition coefficient (Wildman–Crippen LogP) is -2.09. The number of halogens is 1. The van der Waals surface area contributed by atoms with Gasteiger partial charge in [-0.25, -0.2) is 9.18 Å². The Labute approximate surface area is 720 Å². The highest BCUT2D eigenvalue weighted by atomic mass is 19.1. The number of hydrogen-bond acceptors (Lipinski definition) is 35. The number of aromatic hydroxyl groups is 2. The number of likely N-dealkylation sites (tertiary alicyclic amines) is 1. The number of phenolic OH excluding ortho intramolecular Hbond substituents is 2. The molecular formula is C85H123FN12O27. The van der Waals surface area contributed by atoms with Crippen molar-refractivity contribution in [1.29, 1.82) is 0 Å². The van der Waals surface area contributed by atoms with Crippen LogP contribution in [0, 0.1) is 42.3 Å². The monoisotopic (exact) mass is 1760 g/mol. The van der Waals surface area contributed by atoms with Gasteiger partial charge in [0, 0.05) is 150 Å². The molecule has 1 aromatic heterocycles. The van der Waals surface area contributed by atoms with Crippen molar-refractivity contribution < 1.29 is 133 Å². The number of ether oxygens (including phenoxy) is 8. The quantitative estimate of drug-likeness (QED) is 0.0398. The van der Waals surface area contributed by atoms with Crippen LogP contribution < -0.4 is 64.7 Å². The number of esters is 1. The molecule has 2 unspecified atom stereocenters. The number of carboxylic acids is 1. The summed E-state index contributed by atoms with van der Waals surface area (Å²) in [7, 11) is 1.47. The number of amides is 2. The molecular weight excluding hydrogens is 1640 g/mol. The van der Waals surface area contributed by atoms with Crippen molar-refractivity contribution in [3.63, 3.8) is 0 Å². The number of benzene rings is 3. The fraction of sp³-hybridized carbons (Fsp3) is 0.647. The maximum Gasteiger partial charge on any atom is 0.341 e. The highest BCUT2D eigenvalue weighted by Gasteiger charge is 2.55. The number of methoxy groups -OCH3 is 1. The van der Waals surface area contributed by atoms with Gasteiger partial charge in [-0.2, -0.15) is 0 Å². The summed E-state index contributed by atoms with van der Waals surface area (Å²) in [5, 5.41) is 148. The summed E-state index contributed by atoms with van der Waals surface area (Å²) in [6.45, 7) is 21.6. The summed E-state index contributed by atoms with van der Waals surface area (Å²) in [4.78, 5) is 92.0. The van der Waals surface area contributed by atoms with Crippen LogP contribution >= 0.6 is 0 Å². The fourth-order valence-corrected chi connectivity index (χ4v) is 17.6. The molecule has 692 valence electrons. The largest absolute Gasteiger partial charge is 0.507 e. The number of fused-ring (bicyclic) bond motifs is 2. The zero-order valence-corrected chi connectivity index (χ0v) is 71.9. The van der Waals surface area contributed by atoms with E-state index in [1.54, 1.807) is 71.9 Å². The number of hydrogen-bond donors (Lipinski definition) is 20. The van der Waals surface area contributed by atoms with E-state index in [4.69, 9.17) is 70.8 Å². The number of nitrogens with zero attached hydrogens (tertiary/aromatic N) is 5. The van der Waals surface area contributed by atoms with Crippen molar-refractivity contribution in [1.82, 2.24) is 20.1 Å². The Morgan fingerprint density at radius 1 is 0.784 bits per heavy atom. The molecule has 39 nitrogen and oxygen atoms in total. The Bertz CT molecular complexity index is 4870. The number of aromatic nitrogens is 1. The number of rotatable bonds is 17. The minimum absolute atomic E-state index is 0.0101. The van der Waals surface area contributed by atoms with Gasteiger partial charge in [0.05, 0.1) is 70.8 Å². The van der Waals surface area contributed by atoms with Crippen LogP contribution in [0.3, 0.4) is 0 Å². The minimum Gasteiger partial charge on any atom is -0.507 e. The molecule has 1 spiro atoms. The van der Waals surface area contributed by atoms with Crippen molar-refractivity contribution in [3.8, 4) is 17.2 Å². The summed E-state index contributed by atoms with van der Waals surface area (Å²) in [5.41, 5.74) is 22.7. The smallest absolute Gasteiger partial charge is 0.341 e. The molecule has 3 aromatic carbocycles. The van der Waals surface area contributed by atoms with E-state index >= 15 is 0 Å². The standard InChI is InChI=1S/C46H62N4O11.C22H43N5O13.C17H18FN3O3/c1-22(2)21-50-18-16-46(17-19-50)48-34-31-32-39(54)28(8)42-33(31)43(56)45(10,61-42)59-20-15-30(58-11)25(5)41(60-29(9)51)27(7)38(53)26(6)37(52)23(3)13-12-14-24(4)44(57)47-36(40(32)55)35(34)49-46;23-2-1-8(29)20(36)27-7-3-6(25)18(39-22-16(34)15(33)13(31)9(4-24)37-22)17(35)19(7)40-21-14(32)11(26)12(30)10(5-28)38-21;18-13-7-11-14(8-15(13)20-5-3-19-4-6-20)21(10-1-2-10)9-12(16(11)22)17(23)24/h12-15,20,22-23,25-27,30,37-38,41,52-55H,16-19,21H2,1-11H3,(H,47,57);6-19,21-22,28-35H,1-5,23-26H2,(H,27,36);7-10,19H,1-6H2,(H,23,24)/b13-12+,20-15+,24-14-;;/t23-,25+,26+,27+,30-,37-,38+,41+,45-;6-,7+,8?,9+,10+,11-,12+,13+,14+,15-,16+,17-,18?,19-,21+,22+;/m00./s1. The Morgan fingerprint density at radius 3 is 2.05 bits per heavy atom. The van der Waals surface area contributed by atoms with E-state index in [1.807, 2.05) is 9.47 Å². The zero-order valence-electron chi connectivity index (χ0n) is 71.9. The van der Waals surface area contributed by atoms with E-state index in [-0.39, 0.29) is 98.3 Å². The number of aromatic carboxylic acids is 1. The van der Waals surface area contributed by atoms with Crippen LogP contribution in [0.4, 0.5) is 15.8 Å². The molecule has 24 N–H and O–H groups in total. The van der Waals surface area contributed by atoms with Crippen molar-refractivity contribution in [3.05, 3.63) is 97.9 Å². The second-order valence-electron chi connectivity index (χ2n) is 34.7. The number of carbonyl (C=O) groups is 5. The second kappa shape index (κ2) is 40.5. The summed E-state index contributed by atoms with van der Waals surface area (Å²) < 4.78 is 62.9. The molecule has 125 heavy (non-hydrogen) atoms. The number of phenols is 2. The average molecular weight is 1760 g/mol. The lowest BCUT2D eigenvalue weighted by Gasteiger charge is -2.49. The number of nitrogens with one attached hydrogen (secondary N) is 3. The van der Waals surface area contributed by atoms with Gasteiger partial charge in [-0.15, -0.1) is 0 Å². The number of allylic oxidation sites excluding steroid dienone is 2. The van der Waals surface area contributed by atoms with Gasteiger partial charge in [-0.05, 0) is 70.2 Å². The van der Waals surface area contributed by atoms with E-state index in [2.05, 4.69) is 34.7 Å². The zero-order chi connectivity index (χ0) is 91.6. The normalized spacial score (nSPS) is 34.5. The maximum absolute atomic E-state index is 14.7. The number of anilines is 2. The SMILES string of the molecule is CO[C@H]1/C=C/O[C@@]2(C)Oc3c(C)c(O)c4c(O)c(c5c(c4c3C2=O)=NC2(CCN(CC(C)C)CC2)N=5)NC(=O)/C(C)=C\C=C\[C@H](C)[C@H](O)[C@@H](C)[C@@H](O)[C@@H](C)[C@H](OC(C)=O)[C@@H]1C.NCCC(O)C(=O)N[C@@H]1C[C@H](N)C(O[C@H]2O[C@H](CN)[C@@H](O)[C@H](O)[C@H]2O)[C@H](O)[C@H]1O[C@H]1O[C@H](CO)[C@@H](O)[C@H](N)[C@H]1O.O=C(O)c1cn(C2CC2)c2cc(N3CCNCC3)c(F)cc2c1=O. The van der Waals surface area contributed by atoms with Crippen molar-refractivity contribution in [2.45, 2.75) is 248 Å². The number of carboxylic acid groups (broad SMARTS) is 1. The molecule has 8 heterocycles. The van der Waals surface area contributed by atoms with Gasteiger partial charge in [0.1, 0.15) is 107 Å². The van der Waals surface area contributed by atoms with Crippen molar-refractivity contribution in [2.24, 2.45) is 62.5 Å². The van der Waals surface area contributed by atoms with E-state index in [0.717, 1.165) is 32.5 Å². The Hall–Kier alpha value is -8.41. The first kappa shape index (κ1) is 97.2. The third-order valence-corrected chi connectivity index (χ3v) is 25.1. The average Bonchev–Trinajstić information content (AvgIpc) is 1.54. The molecule has 2 saturated carbocycles. The first-order valence-corrected chi connectivity index (χ1v) is 42.4. The minimum atomic E-state index is -1.96. The van der Waals surface area contributed by atoms with Gasteiger partial charge >= 0.3 is 17.7 Å². The van der Waals surface area contributed by atoms with Gasteiger partial charge in [-0.3, -0.25) is 34.0 Å². The number of carbonyl (C=O) groups excluding carboxylic acids is 4. The third-order valence-electron chi connectivity index (χ3n) is 25.1. The van der Waals surface area contributed by atoms with E-state index in [0.29, 0.717) is 56.1 Å². The molecule has 4 saturated heterocycles. The van der Waals surface area contributed by atoms with Crippen LogP contribution in [0.1, 0.15) is 133 Å². The lowest BCUT2D eigenvalue weighted by Crippen LogP contribution is -2.69. The molecule has 7 aliphatic heterocycles. The number of aliphatic hydroxyl groups is 10. The van der Waals surface area contributed by atoms with Crippen molar-refractivity contribution in [2.75, 3.05) is 82.8 Å². The highest BCUT2D eigenvalue weighted by molar-refractivity contribution is 6.19. The van der Waals surface area contributed by atoms with Crippen LogP contribution in [-0.4, -0.2) is 312 Å². The molecule has 6 fully saturated rings. The lowest BCUT2D eigenvalue weighted by molar-refractivity contribution is -0.332. The number of piperidine rings is 1. The Balaban J connectivity index is 0.000000202. The number of piperazine rings is 1. The van der Waals surface area contributed by atoms with Crippen LogP contribution in [0.15, 0.2) is 69.2 Å². The molecule has 2 aliphatic carbocycles. The third kappa shape index (κ3) is 20.5. The van der Waals surface area contributed by atoms with Gasteiger partial charge in [0.25, 0.3) is 11.7 Å². The lowest BCUT2D eigenvalue weighted by atomic mass is 9.78. The van der Waals surface area contributed by atoms with Crippen LogP contribution in [0.2, 0.25) is 0 Å². The molecule has 25 atom stereocenters. The molecule has 40 heteroatoms. The second-order valence-corrected chi connectivity index (χ2v) is 34.7. The molecule has 4 aromatic rings. The van der Waals surface area contributed by atoms with Gasteiger partial charge < -0.3 is 158 Å². The first-order chi connectivity index (χ1) is 59.1. The van der Waals surface area contributed by atoms with Gasteiger partial charge in [0.2, 0.25) is 11.3 Å². The molecule has 0 radical (unpaired) electrons. The molecule has 4 bridgehead atoms. The predicted molar refractivity (Wildman–Crippen MR) is 448 cm³/mol. The van der Waals surface area contributed by atoms with E-state index < -0.39 is 211 Å². The number of pyridine rings is 1.